The molecule has 81 heavy (non-hydrogen) atoms. The zero-order valence-electron chi connectivity index (χ0n) is 47.2. The number of fused-ring (bicyclic) bond motifs is 5. The summed E-state index contributed by atoms with van der Waals surface area (Å²) < 4.78 is 36.5. The van der Waals surface area contributed by atoms with Gasteiger partial charge in [-0.05, 0) is 180 Å². The highest BCUT2D eigenvalue weighted by atomic mass is 28.4. The van der Waals surface area contributed by atoms with E-state index in [1.165, 1.54) is 0 Å². The molecule has 1 fully saturated rings. The molecule has 5 aromatic carbocycles. The molecule has 0 aromatic heterocycles. The fourth-order valence-electron chi connectivity index (χ4n) is 13.3. The van der Waals surface area contributed by atoms with Crippen molar-refractivity contribution in [3.8, 4) is 11.5 Å². The van der Waals surface area contributed by atoms with Crippen LogP contribution in [0, 0.1) is 5.92 Å². The Labute approximate surface area is 475 Å². The van der Waals surface area contributed by atoms with Crippen LogP contribution in [0.5, 0.6) is 11.5 Å². The second-order valence-corrected chi connectivity index (χ2v) is 26.4. The Morgan fingerprint density at radius 2 is 1.28 bits per heavy atom. The zero-order valence-corrected chi connectivity index (χ0v) is 48.2. The van der Waals surface area contributed by atoms with E-state index in [-0.39, 0.29) is 57.1 Å². The largest absolute Gasteiger partial charge is 0.494 e. The van der Waals surface area contributed by atoms with Gasteiger partial charge in [0.25, 0.3) is 5.91 Å². The van der Waals surface area contributed by atoms with E-state index >= 15 is 8.90 Å². The maximum absolute atomic E-state index is 17.5. The number of aliphatic hydroxyl groups excluding tert-OH is 3. The van der Waals surface area contributed by atoms with E-state index in [2.05, 4.69) is 10.6 Å². The van der Waals surface area contributed by atoms with E-state index in [0.29, 0.717) is 122 Å². The van der Waals surface area contributed by atoms with Crippen molar-refractivity contribution in [1.82, 2.24) is 15.5 Å². The first-order valence-corrected chi connectivity index (χ1v) is 31.9. The summed E-state index contributed by atoms with van der Waals surface area (Å²) in [6.45, 7) is 11.0. The van der Waals surface area contributed by atoms with Crippen molar-refractivity contribution in [3.05, 3.63) is 137 Å². The first-order valence-electron chi connectivity index (χ1n) is 28.9. The number of nitrogens with zero attached hydrogens (tertiary/aromatic N) is 4. The van der Waals surface area contributed by atoms with Gasteiger partial charge in [0.05, 0.1) is 74.1 Å². The molecule has 4 amide bonds. The standard InChI is InChI=1S/C63H77FN6O10Si/c1-6-78-49-20-23-54-44(31-49)33-52(65-25-10-12-27-71)60(75)69(54)46-18-14-15-41(29-46)37-68-56-22-19-47(70-55-24-21-50(79-7-2)32-45(55)34-53(61(70)76)66-26-11-13-28-72)35-51(56)63(62(68)77)40(3)59(81(4,5)64)57(80-63)36-58(74)67-38-43-17-9-8-16-42(43)30-48(67)39-73/h8-9,14-24,29,31-32,35,40,48,52-53,57,59,65-66,71-73H,6-7,10-13,25-28,30,33-34,36-39H2,1-5H3/t40-,48+,52?,53?,57+,59-,63+/m1/s1. The van der Waals surface area contributed by atoms with Crippen molar-refractivity contribution in [2.75, 3.05) is 60.8 Å². The number of benzene rings is 5. The molecule has 5 aromatic rings. The molecule has 430 valence electrons. The Balaban J connectivity index is 1.06. The first kappa shape index (κ1) is 57.7. The van der Waals surface area contributed by atoms with Crippen LogP contribution in [-0.2, 0) is 61.9 Å². The molecule has 0 radical (unpaired) electrons. The second kappa shape index (κ2) is 24.5. The van der Waals surface area contributed by atoms with Gasteiger partial charge in [0.15, 0.2) is 5.60 Å². The van der Waals surface area contributed by atoms with Gasteiger partial charge < -0.3 is 54.1 Å². The molecular formula is C63H77FN6O10Si. The highest BCUT2D eigenvalue weighted by Crippen LogP contribution is 2.61. The highest BCUT2D eigenvalue weighted by molar-refractivity contribution is 6.72. The van der Waals surface area contributed by atoms with Crippen molar-refractivity contribution >= 4 is 60.5 Å². The summed E-state index contributed by atoms with van der Waals surface area (Å²) in [6, 6.07) is 30.5. The second-order valence-electron chi connectivity index (χ2n) is 22.6. The Morgan fingerprint density at radius 3 is 1.85 bits per heavy atom. The molecule has 5 heterocycles. The molecular weight excluding hydrogens is 1050 g/mol. The summed E-state index contributed by atoms with van der Waals surface area (Å²) in [5, 5.41) is 36.5. The number of hydrogen-bond acceptors (Lipinski definition) is 12. The van der Waals surface area contributed by atoms with Gasteiger partial charge in [-0.15, -0.1) is 0 Å². The minimum atomic E-state index is -3.80. The molecule has 16 nitrogen and oxygen atoms in total. The Kier molecular flexibility index (Phi) is 17.5. The number of rotatable bonds is 22. The third-order valence-corrected chi connectivity index (χ3v) is 19.5. The topological polar surface area (TPSA) is 194 Å². The molecule has 7 atom stereocenters. The van der Waals surface area contributed by atoms with Crippen LogP contribution in [-0.4, -0.2) is 123 Å². The summed E-state index contributed by atoms with van der Waals surface area (Å²) in [5.41, 5.74) is 5.24. The fourth-order valence-corrected chi connectivity index (χ4v) is 15.8. The molecule has 2 unspecified atom stereocenters. The average molecular weight is 1130 g/mol. The molecule has 0 saturated carbocycles. The number of carbonyl (C=O) groups is 4. The quantitative estimate of drug-likeness (QED) is 0.0255. The van der Waals surface area contributed by atoms with E-state index in [4.69, 9.17) is 14.2 Å². The lowest BCUT2D eigenvalue weighted by atomic mass is 9.82. The molecule has 18 heteroatoms. The van der Waals surface area contributed by atoms with Crippen LogP contribution in [0.4, 0.5) is 32.5 Å². The third-order valence-electron chi connectivity index (χ3n) is 17.0. The lowest BCUT2D eigenvalue weighted by Crippen LogP contribution is -2.49. The van der Waals surface area contributed by atoms with Crippen molar-refractivity contribution in [1.29, 1.82) is 0 Å². The van der Waals surface area contributed by atoms with Crippen molar-refractivity contribution in [3.63, 3.8) is 0 Å². The number of halogens is 1. The van der Waals surface area contributed by atoms with Crippen LogP contribution in [0.3, 0.4) is 0 Å². The molecule has 10 rings (SSSR count). The normalized spacial score (nSPS) is 23.2. The van der Waals surface area contributed by atoms with Gasteiger partial charge in [-0.3, -0.25) is 29.0 Å². The third kappa shape index (κ3) is 11.3. The van der Waals surface area contributed by atoms with Crippen LogP contribution in [0.1, 0.15) is 86.3 Å². The van der Waals surface area contributed by atoms with E-state index in [0.717, 1.165) is 22.3 Å². The number of nitrogens with one attached hydrogen (secondary N) is 2. The molecule has 0 bridgehead atoms. The Hall–Kier alpha value is -6.51. The summed E-state index contributed by atoms with van der Waals surface area (Å²) >= 11 is 0. The monoisotopic (exact) mass is 1120 g/mol. The summed E-state index contributed by atoms with van der Waals surface area (Å²) in [6.07, 6.45) is 2.58. The van der Waals surface area contributed by atoms with E-state index in [9.17, 15) is 29.7 Å². The van der Waals surface area contributed by atoms with Crippen LogP contribution in [0.2, 0.25) is 18.6 Å². The van der Waals surface area contributed by atoms with Crippen LogP contribution in [0.15, 0.2) is 103 Å². The summed E-state index contributed by atoms with van der Waals surface area (Å²) in [7, 11) is -3.80. The highest BCUT2D eigenvalue weighted by Gasteiger charge is 2.67. The van der Waals surface area contributed by atoms with Gasteiger partial charge in [-0.1, -0.05) is 43.3 Å². The number of hydrogen-bond donors (Lipinski definition) is 5. The SMILES string of the molecule is CCOc1ccc2c(c1)CC(NCCCCO)C(=O)N2c1cccc(CN2C(=O)[C@@]3(O[C@@H](CC(=O)N4Cc5ccccc5C[C@H]4CO)[C@H]([Si](C)(C)F)[C@H]3C)c3cc(N4C(=O)C(NCCCCO)Cc5cc(OCC)ccc54)ccc32)c1. The lowest BCUT2D eigenvalue weighted by Gasteiger charge is -2.37. The number of ether oxygens (including phenoxy) is 3. The maximum atomic E-state index is 17.5. The van der Waals surface area contributed by atoms with Crippen LogP contribution < -0.4 is 34.8 Å². The molecule has 5 aliphatic heterocycles. The number of carbonyl (C=O) groups excluding carboxylic acids is 4. The maximum Gasteiger partial charge on any atom is 0.264 e. The zero-order chi connectivity index (χ0) is 57.2. The van der Waals surface area contributed by atoms with Crippen molar-refractivity contribution in [2.24, 2.45) is 5.92 Å². The predicted octanol–water partition coefficient (Wildman–Crippen LogP) is 8.04. The minimum Gasteiger partial charge on any atom is -0.494 e. The van der Waals surface area contributed by atoms with E-state index in [1.54, 1.807) is 32.7 Å². The number of anilines is 5. The van der Waals surface area contributed by atoms with Gasteiger partial charge in [0.2, 0.25) is 26.1 Å². The van der Waals surface area contributed by atoms with Crippen LogP contribution in [0.25, 0.3) is 0 Å². The van der Waals surface area contributed by atoms with Gasteiger partial charge in [-0.2, -0.15) is 0 Å². The molecule has 5 aliphatic rings. The smallest absolute Gasteiger partial charge is 0.264 e. The number of amides is 4. The lowest BCUT2D eigenvalue weighted by molar-refractivity contribution is -0.151. The molecule has 0 aliphatic carbocycles. The van der Waals surface area contributed by atoms with Gasteiger partial charge in [0, 0.05) is 48.2 Å². The number of unbranched alkanes of at least 4 members (excludes halogenated alkanes) is 2. The minimum absolute atomic E-state index is 0.0272. The van der Waals surface area contributed by atoms with Crippen molar-refractivity contribution in [2.45, 2.75) is 134 Å². The predicted molar refractivity (Wildman–Crippen MR) is 311 cm³/mol. The first-order chi connectivity index (χ1) is 39.1. The van der Waals surface area contributed by atoms with Crippen molar-refractivity contribution < 1.29 is 52.8 Å². The molecule has 1 saturated heterocycles. The van der Waals surface area contributed by atoms with Gasteiger partial charge >= 0.3 is 0 Å². The Morgan fingerprint density at radius 1 is 0.704 bits per heavy atom. The van der Waals surface area contributed by atoms with E-state index in [1.807, 2.05) is 124 Å². The number of aliphatic hydroxyl groups is 3. The molecule has 5 N–H and O–H groups in total. The van der Waals surface area contributed by atoms with E-state index < -0.39 is 55.6 Å². The summed E-state index contributed by atoms with van der Waals surface area (Å²) in [5.74, 6) is -0.539. The Bertz CT molecular complexity index is 3140. The summed E-state index contributed by atoms with van der Waals surface area (Å²) in [4.78, 5) is 67.2. The molecule has 1 spiro atoms. The fraction of sp³-hybridized carbons (Fsp3) is 0.460. The van der Waals surface area contributed by atoms with Crippen LogP contribution >= 0.6 is 0 Å². The van der Waals surface area contributed by atoms with Gasteiger partial charge in [0.1, 0.15) is 11.5 Å². The average Bonchev–Trinajstić information content (AvgIpc) is 3.97. The van der Waals surface area contributed by atoms with Gasteiger partial charge in [-0.25, -0.2) is 0 Å².